The minimum absolute atomic E-state index is 0.312. The summed E-state index contributed by atoms with van der Waals surface area (Å²) < 4.78 is 1.80. The van der Waals surface area contributed by atoms with E-state index in [0.717, 1.165) is 38.0 Å². The number of aryl methyl sites for hydroxylation is 3. The standard InChI is InChI=1S/C24H34N4O/c1-26-18-22(17-25-26)10-11-23(29)28-16-13-24(20-28)12-6-15-27(19-24)14-5-9-21-7-3-2-4-8-21/h2-4,7-8,17-18H,5-6,9-16,19-20H2,1H3/t24-/m0/s1. The van der Waals surface area contributed by atoms with Crippen LogP contribution in [0.5, 0.6) is 0 Å². The monoisotopic (exact) mass is 394 g/mol. The molecule has 1 amide bonds. The summed E-state index contributed by atoms with van der Waals surface area (Å²) in [7, 11) is 1.92. The molecule has 0 radical (unpaired) electrons. The normalized spacial score (nSPS) is 22.4. The first-order valence-corrected chi connectivity index (χ1v) is 11.1. The lowest BCUT2D eigenvalue weighted by Gasteiger charge is -2.40. The van der Waals surface area contributed by atoms with Gasteiger partial charge in [-0.3, -0.25) is 9.48 Å². The van der Waals surface area contributed by atoms with Crippen LogP contribution in [0.3, 0.4) is 0 Å². The molecule has 29 heavy (non-hydrogen) atoms. The summed E-state index contributed by atoms with van der Waals surface area (Å²) in [6, 6.07) is 10.8. The predicted octanol–water partition coefficient (Wildman–Crippen LogP) is 3.30. The van der Waals surface area contributed by atoms with E-state index in [9.17, 15) is 4.79 Å². The van der Waals surface area contributed by atoms with Gasteiger partial charge in [-0.05, 0) is 62.7 Å². The predicted molar refractivity (Wildman–Crippen MR) is 116 cm³/mol. The fraction of sp³-hybridized carbons (Fsp3) is 0.583. The number of carbonyl (C=O) groups is 1. The van der Waals surface area contributed by atoms with Crippen molar-refractivity contribution in [3.63, 3.8) is 0 Å². The maximum absolute atomic E-state index is 12.7. The summed E-state index contributed by atoms with van der Waals surface area (Å²) >= 11 is 0. The minimum atomic E-state index is 0.312. The van der Waals surface area contributed by atoms with Crippen molar-refractivity contribution in [3.05, 3.63) is 53.9 Å². The molecular weight excluding hydrogens is 360 g/mol. The highest BCUT2D eigenvalue weighted by molar-refractivity contribution is 5.76. The van der Waals surface area contributed by atoms with Crippen LogP contribution in [0.15, 0.2) is 42.7 Å². The van der Waals surface area contributed by atoms with E-state index in [0.29, 0.717) is 17.7 Å². The molecular formula is C24H34N4O. The van der Waals surface area contributed by atoms with Crippen LogP contribution in [0, 0.1) is 5.41 Å². The molecule has 1 aromatic heterocycles. The van der Waals surface area contributed by atoms with Crippen molar-refractivity contribution < 1.29 is 4.79 Å². The summed E-state index contributed by atoms with van der Waals surface area (Å²) in [5.41, 5.74) is 2.91. The van der Waals surface area contributed by atoms with Crippen LogP contribution >= 0.6 is 0 Å². The Balaban J connectivity index is 1.23. The summed E-state index contributed by atoms with van der Waals surface area (Å²) in [5.74, 6) is 0.312. The number of carbonyl (C=O) groups excluding carboxylic acids is 1. The molecule has 0 N–H and O–H groups in total. The highest BCUT2D eigenvalue weighted by Gasteiger charge is 2.42. The van der Waals surface area contributed by atoms with E-state index < -0.39 is 0 Å². The van der Waals surface area contributed by atoms with Crippen molar-refractivity contribution in [2.24, 2.45) is 12.5 Å². The lowest BCUT2D eigenvalue weighted by molar-refractivity contribution is -0.130. The zero-order chi connectivity index (χ0) is 20.1. The zero-order valence-corrected chi connectivity index (χ0v) is 17.7. The van der Waals surface area contributed by atoms with Gasteiger partial charge in [-0.2, -0.15) is 5.10 Å². The molecule has 0 saturated carbocycles. The molecule has 1 spiro atoms. The summed E-state index contributed by atoms with van der Waals surface area (Å²) in [6.07, 6.45) is 11.3. The molecule has 5 heteroatoms. The van der Waals surface area contributed by atoms with E-state index in [-0.39, 0.29) is 0 Å². The highest BCUT2D eigenvalue weighted by Crippen LogP contribution is 2.39. The second-order valence-electron chi connectivity index (χ2n) is 9.06. The molecule has 156 valence electrons. The fourth-order valence-electron chi connectivity index (χ4n) is 5.14. The van der Waals surface area contributed by atoms with E-state index in [4.69, 9.17) is 0 Å². The van der Waals surface area contributed by atoms with Gasteiger partial charge in [-0.15, -0.1) is 0 Å². The molecule has 2 saturated heterocycles. The Labute approximate surface area is 174 Å². The molecule has 0 unspecified atom stereocenters. The number of hydrogen-bond donors (Lipinski definition) is 0. The Bertz CT molecular complexity index is 802. The van der Waals surface area contributed by atoms with E-state index in [2.05, 4.69) is 45.2 Å². The van der Waals surface area contributed by atoms with Gasteiger partial charge in [-0.1, -0.05) is 30.3 Å². The van der Waals surface area contributed by atoms with Gasteiger partial charge in [0.2, 0.25) is 5.91 Å². The summed E-state index contributed by atoms with van der Waals surface area (Å²) in [6.45, 7) is 5.43. The highest BCUT2D eigenvalue weighted by atomic mass is 16.2. The van der Waals surface area contributed by atoms with Gasteiger partial charge in [0, 0.05) is 44.7 Å². The smallest absolute Gasteiger partial charge is 0.222 e. The van der Waals surface area contributed by atoms with Crippen molar-refractivity contribution in [2.75, 3.05) is 32.7 Å². The topological polar surface area (TPSA) is 41.4 Å². The number of amides is 1. The first kappa shape index (κ1) is 20.1. The average Bonchev–Trinajstić information content (AvgIpc) is 3.33. The van der Waals surface area contributed by atoms with Crippen molar-refractivity contribution in [1.29, 1.82) is 0 Å². The van der Waals surface area contributed by atoms with E-state index in [1.807, 2.05) is 19.4 Å². The van der Waals surface area contributed by atoms with Crippen LogP contribution in [-0.2, 0) is 24.7 Å². The third kappa shape index (κ3) is 5.27. The first-order valence-electron chi connectivity index (χ1n) is 11.1. The Kier molecular flexibility index (Phi) is 6.34. The number of rotatable bonds is 7. The maximum atomic E-state index is 12.7. The van der Waals surface area contributed by atoms with Gasteiger partial charge in [-0.25, -0.2) is 0 Å². The largest absolute Gasteiger partial charge is 0.342 e. The van der Waals surface area contributed by atoms with Crippen LogP contribution in [0.2, 0.25) is 0 Å². The van der Waals surface area contributed by atoms with Crippen molar-refractivity contribution >= 4 is 5.91 Å². The van der Waals surface area contributed by atoms with Crippen LogP contribution in [-0.4, -0.2) is 58.2 Å². The molecule has 2 aliphatic heterocycles. The van der Waals surface area contributed by atoms with E-state index in [1.54, 1.807) is 4.68 Å². The maximum Gasteiger partial charge on any atom is 0.222 e. The molecule has 0 bridgehead atoms. The third-order valence-corrected chi connectivity index (χ3v) is 6.70. The van der Waals surface area contributed by atoms with Crippen molar-refractivity contribution in [2.45, 2.75) is 44.9 Å². The molecule has 2 fully saturated rings. The summed E-state index contributed by atoms with van der Waals surface area (Å²) in [5, 5.41) is 4.20. The van der Waals surface area contributed by atoms with Crippen LogP contribution < -0.4 is 0 Å². The molecule has 0 aliphatic carbocycles. The van der Waals surface area contributed by atoms with Crippen molar-refractivity contribution in [3.8, 4) is 0 Å². The Morgan fingerprint density at radius 3 is 2.72 bits per heavy atom. The molecule has 5 nitrogen and oxygen atoms in total. The van der Waals surface area contributed by atoms with Crippen LogP contribution in [0.4, 0.5) is 0 Å². The lowest BCUT2D eigenvalue weighted by Crippen LogP contribution is -2.45. The van der Waals surface area contributed by atoms with Gasteiger partial charge < -0.3 is 9.80 Å². The van der Waals surface area contributed by atoms with Gasteiger partial charge >= 0.3 is 0 Å². The van der Waals surface area contributed by atoms with Crippen LogP contribution in [0.25, 0.3) is 0 Å². The van der Waals surface area contributed by atoms with Crippen LogP contribution in [0.1, 0.15) is 43.2 Å². The molecule has 1 aromatic carbocycles. The number of aromatic nitrogens is 2. The number of hydrogen-bond acceptors (Lipinski definition) is 3. The SMILES string of the molecule is Cn1cc(CCC(=O)N2CC[C@]3(CCCN(CCCc4ccccc4)C3)C2)cn1. The minimum Gasteiger partial charge on any atom is -0.342 e. The lowest BCUT2D eigenvalue weighted by atomic mass is 9.79. The fourth-order valence-corrected chi connectivity index (χ4v) is 5.14. The zero-order valence-electron chi connectivity index (χ0n) is 17.7. The number of nitrogens with zero attached hydrogens (tertiary/aromatic N) is 4. The number of likely N-dealkylation sites (tertiary alicyclic amines) is 2. The molecule has 3 heterocycles. The quantitative estimate of drug-likeness (QED) is 0.724. The molecule has 4 rings (SSSR count). The van der Waals surface area contributed by atoms with Gasteiger partial charge in [0.15, 0.2) is 0 Å². The number of benzene rings is 1. The third-order valence-electron chi connectivity index (χ3n) is 6.70. The van der Waals surface area contributed by atoms with Crippen molar-refractivity contribution in [1.82, 2.24) is 19.6 Å². The van der Waals surface area contributed by atoms with E-state index >= 15 is 0 Å². The summed E-state index contributed by atoms with van der Waals surface area (Å²) in [4.78, 5) is 17.5. The Morgan fingerprint density at radius 2 is 1.93 bits per heavy atom. The van der Waals surface area contributed by atoms with Gasteiger partial charge in [0.1, 0.15) is 0 Å². The van der Waals surface area contributed by atoms with Gasteiger partial charge in [0.25, 0.3) is 0 Å². The van der Waals surface area contributed by atoms with Gasteiger partial charge in [0.05, 0.1) is 6.20 Å². The molecule has 2 aliphatic rings. The average molecular weight is 395 g/mol. The second kappa shape index (κ2) is 9.12. The Morgan fingerprint density at radius 1 is 1.07 bits per heavy atom. The number of piperidine rings is 1. The second-order valence-corrected chi connectivity index (χ2v) is 9.06. The van der Waals surface area contributed by atoms with E-state index in [1.165, 1.54) is 44.3 Å². The Hall–Kier alpha value is -2.14. The molecule has 1 atom stereocenters. The molecule has 2 aromatic rings. The first-order chi connectivity index (χ1) is 14.1.